The van der Waals surface area contributed by atoms with Crippen molar-refractivity contribution in [1.82, 2.24) is 9.55 Å². The first-order valence-electron chi connectivity index (χ1n) is 4.25. The van der Waals surface area contributed by atoms with Gasteiger partial charge in [0.15, 0.2) is 0 Å². The Morgan fingerprint density at radius 1 is 1.64 bits per heavy atom. The van der Waals surface area contributed by atoms with Gasteiger partial charge < -0.3 is 5.73 Å². The standard InChI is InChI=1S/C8H9ClN4O/c9-6-5(7(10)11)8(14)13-3-1-2-4(13)12-6/h1-3H2,(H3,10,11). The van der Waals surface area contributed by atoms with E-state index in [-0.39, 0.29) is 22.1 Å². The number of nitrogens with zero attached hydrogens (tertiary/aromatic N) is 2. The summed E-state index contributed by atoms with van der Waals surface area (Å²) in [5.41, 5.74) is 4.97. The highest BCUT2D eigenvalue weighted by atomic mass is 35.5. The molecule has 3 N–H and O–H groups in total. The van der Waals surface area contributed by atoms with Crippen LogP contribution in [-0.4, -0.2) is 15.4 Å². The van der Waals surface area contributed by atoms with Crippen LogP contribution in [0.1, 0.15) is 17.8 Å². The molecular formula is C8H9ClN4O. The second-order valence-electron chi connectivity index (χ2n) is 3.17. The zero-order valence-electron chi connectivity index (χ0n) is 7.38. The molecule has 0 atom stereocenters. The molecule has 74 valence electrons. The molecule has 0 spiro atoms. The molecule has 2 rings (SSSR count). The van der Waals surface area contributed by atoms with Gasteiger partial charge in [-0.1, -0.05) is 11.6 Å². The molecule has 0 saturated heterocycles. The number of aromatic nitrogens is 2. The van der Waals surface area contributed by atoms with Crippen LogP contribution in [-0.2, 0) is 13.0 Å². The molecule has 0 bridgehead atoms. The Morgan fingerprint density at radius 3 is 3.00 bits per heavy atom. The van der Waals surface area contributed by atoms with Crippen LogP contribution in [0.4, 0.5) is 0 Å². The van der Waals surface area contributed by atoms with E-state index in [2.05, 4.69) is 4.98 Å². The van der Waals surface area contributed by atoms with Gasteiger partial charge in [0.05, 0.1) is 0 Å². The second kappa shape index (κ2) is 3.09. The summed E-state index contributed by atoms with van der Waals surface area (Å²) >= 11 is 5.76. The van der Waals surface area contributed by atoms with Gasteiger partial charge in [0.1, 0.15) is 22.4 Å². The van der Waals surface area contributed by atoms with E-state index in [1.807, 2.05) is 0 Å². The van der Waals surface area contributed by atoms with Crippen molar-refractivity contribution in [2.24, 2.45) is 5.73 Å². The van der Waals surface area contributed by atoms with E-state index in [0.29, 0.717) is 12.4 Å². The molecule has 1 aliphatic heterocycles. The third kappa shape index (κ3) is 1.21. The quantitative estimate of drug-likeness (QED) is 0.394. The summed E-state index contributed by atoms with van der Waals surface area (Å²) in [7, 11) is 0. The van der Waals surface area contributed by atoms with E-state index in [0.717, 1.165) is 12.8 Å². The molecular weight excluding hydrogens is 204 g/mol. The first-order valence-corrected chi connectivity index (χ1v) is 4.62. The van der Waals surface area contributed by atoms with Gasteiger partial charge in [0, 0.05) is 13.0 Å². The van der Waals surface area contributed by atoms with Gasteiger partial charge in [-0.2, -0.15) is 0 Å². The minimum atomic E-state index is -0.324. The molecule has 5 nitrogen and oxygen atoms in total. The van der Waals surface area contributed by atoms with E-state index >= 15 is 0 Å². The average molecular weight is 213 g/mol. The van der Waals surface area contributed by atoms with Gasteiger partial charge in [-0.3, -0.25) is 14.8 Å². The second-order valence-corrected chi connectivity index (χ2v) is 3.53. The monoisotopic (exact) mass is 212 g/mol. The molecule has 0 amide bonds. The molecule has 6 heteroatoms. The number of halogens is 1. The number of fused-ring (bicyclic) bond motifs is 1. The molecule has 14 heavy (non-hydrogen) atoms. The summed E-state index contributed by atoms with van der Waals surface area (Å²) in [5, 5.41) is 7.26. The number of nitrogen functional groups attached to an aromatic ring is 1. The third-order valence-electron chi connectivity index (χ3n) is 2.26. The normalized spacial score (nSPS) is 14.1. The minimum Gasteiger partial charge on any atom is -0.383 e. The summed E-state index contributed by atoms with van der Waals surface area (Å²) in [6.07, 6.45) is 1.65. The van der Waals surface area contributed by atoms with E-state index in [9.17, 15) is 4.79 Å². The minimum absolute atomic E-state index is 0.0114. The zero-order valence-corrected chi connectivity index (χ0v) is 8.14. The van der Waals surface area contributed by atoms with Crippen LogP contribution in [0.2, 0.25) is 5.15 Å². The largest absolute Gasteiger partial charge is 0.383 e. The molecule has 1 aromatic heterocycles. The van der Waals surface area contributed by atoms with Gasteiger partial charge in [0.2, 0.25) is 0 Å². The molecule has 1 aromatic rings. The highest BCUT2D eigenvalue weighted by Gasteiger charge is 2.20. The van der Waals surface area contributed by atoms with Gasteiger partial charge in [0.25, 0.3) is 5.56 Å². The molecule has 1 aliphatic rings. The van der Waals surface area contributed by atoms with Gasteiger partial charge >= 0.3 is 0 Å². The average Bonchev–Trinajstić information content (AvgIpc) is 2.50. The first-order chi connectivity index (χ1) is 6.61. The van der Waals surface area contributed by atoms with Crippen LogP contribution >= 0.6 is 11.6 Å². The number of hydrogen-bond donors (Lipinski definition) is 2. The molecule has 0 fully saturated rings. The fourth-order valence-corrected chi connectivity index (χ4v) is 1.89. The van der Waals surface area contributed by atoms with Crippen molar-refractivity contribution in [2.45, 2.75) is 19.4 Å². The summed E-state index contributed by atoms with van der Waals surface area (Å²) in [5.74, 6) is 0.361. The molecule has 0 radical (unpaired) electrons. The summed E-state index contributed by atoms with van der Waals surface area (Å²) in [4.78, 5) is 15.8. The lowest BCUT2D eigenvalue weighted by Gasteiger charge is -2.06. The zero-order chi connectivity index (χ0) is 10.3. The van der Waals surface area contributed by atoms with E-state index in [4.69, 9.17) is 22.7 Å². The van der Waals surface area contributed by atoms with Crippen LogP contribution in [0.25, 0.3) is 0 Å². The molecule has 0 aliphatic carbocycles. The Labute approximate surface area is 85.0 Å². The maximum atomic E-state index is 11.7. The highest BCUT2D eigenvalue weighted by Crippen LogP contribution is 2.14. The summed E-state index contributed by atoms with van der Waals surface area (Å²) < 4.78 is 1.53. The first kappa shape index (κ1) is 9.21. The summed E-state index contributed by atoms with van der Waals surface area (Å²) in [6, 6.07) is 0. The van der Waals surface area contributed by atoms with Crippen LogP contribution in [0.5, 0.6) is 0 Å². The van der Waals surface area contributed by atoms with Crippen molar-refractivity contribution in [1.29, 1.82) is 5.41 Å². The number of aryl methyl sites for hydroxylation is 1. The maximum absolute atomic E-state index is 11.7. The molecule has 0 unspecified atom stereocenters. The van der Waals surface area contributed by atoms with Crippen molar-refractivity contribution in [3.8, 4) is 0 Å². The van der Waals surface area contributed by atoms with Crippen molar-refractivity contribution in [3.63, 3.8) is 0 Å². The lowest BCUT2D eigenvalue weighted by Crippen LogP contribution is -2.31. The van der Waals surface area contributed by atoms with Crippen molar-refractivity contribution < 1.29 is 0 Å². The van der Waals surface area contributed by atoms with Gasteiger partial charge in [-0.25, -0.2) is 4.98 Å². The van der Waals surface area contributed by atoms with Crippen LogP contribution in [0.3, 0.4) is 0 Å². The Balaban J connectivity index is 2.75. The Hall–Kier alpha value is -1.36. The van der Waals surface area contributed by atoms with Crippen molar-refractivity contribution >= 4 is 17.4 Å². The van der Waals surface area contributed by atoms with E-state index < -0.39 is 0 Å². The van der Waals surface area contributed by atoms with Crippen molar-refractivity contribution in [2.75, 3.05) is 0 Å². The van der Waals surface area contributed by atoms with Crippen LogP contribution < -0.4 is 11.3 Å². The Morgan fingerprint density at radius 2 is 2.36 bits per heavy atom. The molecule has 0 saturated carbocycles. The molecule has 2 heterocycles. The number of nitrogens with one attached hydrogen (secondary N) is 1. The number of hydrogen-bond acceptors (Lipinski definition) is 3. The van der Waals surface area contributed by atoms with Crippen LogP contribution in [0.15, 0.2) is 4.79 Å². The smallest absolute Gasteiger partial charge is 0.266 e. The SMILES string of the molecule is N=C(N)c1c(Cl)nc2n(c1=O)CCC2. The third-order valence-corrected chi connectivity index (χ3v) is 2.53. The fourth-order valence-electron chi connectivity index (χ4n) is 1.61. The van der Waals surface area contributed by atoms with Gasteiger partial charge in [-0.05, 0) is 6.42 Å². The topological polar surface area (TPSA) is 84.8 Å². The Bertz CT molecular complexity index is 465. The lowest BCUT2D eigenvalue weighted by molar-refractivity contribution is 0.709. The number of nitrogens with two attached hydrogens (primary N) is 1. The number of amidine groups is 1. The number of rotatable bonds is 1. The predicted molar refractivity (Wildman–Crippen MR) is 52.8 cm³/mol. The van der Waals surface area contributed by atoms with Crippen molar-refractivity contribution in [3.05, 3.63) is 26.9 Å². The van der Waals surface area contributed by atoms with Crippen LogP contribution in [0, 0.1) is 5.41 Å². The highest BCUT2D eigenvalue weighted by molar-refractivity contribution is 6.32. The van der Waals surface area contributed by atoms with E-state index in [1.165, 1.54) is 4.57 Å². The molecule has 0 aromatic carbocycles. The maximum Gasteiger partial charge on any atom is 0.266 e. The van der Waals surface area contributed by atoms with E-state index in [1.54, 1.807) is 0 Å². The Kier molecular flexibility index (Phi) is 2.03. The lowest BCUT2D eigenvalue weighted by atomic mass is 10.3. The summed E-state index contributed by atoms with van der Waals surface area (Å²) in [6.45, 7) is 0.638. The van der Waals surface area contributed by atoms with Gasteiger partial charge in [-0.15, -0.1) is 0 Å². The predicted octanol–water partition coefficient (Wildman–Crippen LogP) is 0.127. The fraction of sp³-hybridized carbons (Fsp3) is 0.375.